The number of fused-ring (bicyclic) bond motifs is 1. The Morgan fingerprint density at radius 1 is 1.04 bits per heavy atom. The zero-order chi connectivity index (χ0) is 17.9. The van der Waals surface area contributed by atoms with E-state index in [2.05, 4.69) is 63.6 Å². The number of aryl methyl sites for hydroxylation is 1. The molecule has 0 aliphatic heterocycles. The molecule has 2 aromatic carbocycles. The Labute approximate surface area is 157 Å². The first-order valence-corrected chi connectivity index (χ1v) is 9.55. The normalized spacial score (nSPS) is 12.2. The smallest absolute Gasteiger partial charge is 0.130 e. The molecule has 0 amide bonds. The van der Waals surface area contributed by atoms with E-state index in [0.717, 1.165) is 35.0 Å². The monoisotopic (exact) mass is 360 g/mol. The molecule has 1 atom stereocenters. The summed E-state index contributed by atoms with van der Waals surface area (Å²) < 4.78 is 1.17. The van der Waals surface area contributed by atoms with Crippen molar-refractivity contribution in [3.63, 3.8) is 0 Å². The van der Waals surface area contributed by atoms with Gasteiger partial charge in [-0.2, -0.15) is 0 Å². The molecule has 1 unspecified atom stereocenters. The molecule has 0 bridgehead atoms. The van der Waals surface area contributed by atoms with E-state index in [1.54, 1.807) is 11.3 Å². The highest BCUT2D eigenvalue weighted by atomic mass is 32.1. The van der Waals surface area contributed by atoms with E-state index in [1.807, 2.05) is 30.6 Å². The van der Waals surface area contributed by atoms with Crippen LogP contribution in [0.3, 0.4) is 0 Å². The van der Waals surface area contributed by atoms with E-state index in [-0.39, 0.29) is 0 Å². The van der Waals surface area contributed by atoms with Gasteiger partial charge in [0.2, 0.25) is 0 Å². The lowest BCUT2D eigenvalue weighted by atomic mass is 10.0. The third-order valence-corrected chi connectivity index (χ3v) is 5.21. The fraction of sp³-hybridized carbons (Fsp3) is 0.190. The number of hydrogen-bond donors (Lipinski definition) is 1. The van der Waals surface area contributed by atoms with E-state index in [1.165, 1.54) is 10.3 Å². The quantitative estimate of drug-likeness (QED) is 0.526. The van der Waals surface area contributed by atoms with Crippen LogP contribution in [0.15, 0.2) is 60.1 Å². The van der Waals surface area contributed by atoms with Crippen LogP contribution in [-0.2, 0) is 0 Å². The topological polar surface area (TPSA) is 50.7 Å². The first-order valence-electron chi connectivity index (χ1n) is 8.67. The maximum Gasteiger partial charge on any atom is 0.130 e. The van der Waals surface area contributed by atoms with Crippen LogP contribution in [0.25, 0.3) is 21.5 Å². The van der Waals surface area contributed by atoms with Gasteiger partial charge in [-0.05, 0) is 30.5 Å². The molecule has 0 saturated heterocycles. The van der Waals surface area contributed by atoms with Crippen LogP contribution in [0.4, 0.5) is 5.82 Å². The lowest BCUT2D eigenvalue weighted by Crippen LogP contribution is -2.11. The molecule has 2 heterocycles. The van der Waals surface area contributed by atoms with Gasteiger partial charge in [-0.25, -0.2) is 15.0 Å². The second kappa shape index (κ2) is 7.22. The fourth-order valence-corrected chi connectivity index (χ4v) is 3.69. The van der Waals surface area contributed by atoms with Gasteiger partial charge >= 0.3 is 0 Å². The van der Waals surface area contributed by atoms with Crippen LogP contribution < -0.4 is 5.32 Å². The Morgan fingerprint density at radius 3 is 2.73 bits per heavy atom. The predicted octanol–water partition coefficient (Wildman–Crippen LogP) is 5.28. The van der Waals surface area contributed by atoms with E-state index >= 15 is 0 Å². The number of rotatable bonds is 5. The Hall–Kier alpha value is -2.79. The maximum absolute atomic E-state index is 4.61. The average molecular weight is 360 g/mol. The van der Waals surface area contributed by atoms with Crippen LogP contribution in [0.1, 0.15) is 24.2 Å². The number of aromatic nitrogens is 3. The molecule has 4 aromatic rings. The van der Waals surface area contributed by atoms with Gasteiger partial charge in [-0.15, -0.1) is 11.3 Å². The lowest BCUT2D eigenvalue weighted by Gasteiger charge is -2.14. The molecule has 5 heteroatoms. The number of benzene rings is 2. The number of nitrogens with zero attached hydrogens (tertiary/aromatic N) is 3. The van der Waals surface area contributed by atoms with Crippen molar-refractivity contribution >= 4 is 27.4 Å². The van der Waals surface area contributed by atoms with Gasteiger partial charge in [0.05, 0.1) is 21.4 Å². The minimum atomic E-state index is 0.406. The Morgan fingerprint density at radius 2 is 1.88 bits per heavy atom. The number of thiazole rings is 1. The standard InChI is InChI=1S/C21H20N4S/c1-14(16-6-4-3-5-7-16)12-22-21-11-19(24-15(2)25-21)17-8-9-18-20(10-17)26-13-23-18/h3-11,13-14H,12H2,1-2H3,(H,22,24,25). The second-order valence-corrected chi connectivity index (χ2v) is 7.30. The summed E-state index contributed by atoms with van der Waals surface area (Å²) in [6, 6.07) is 18.8. The summed E-state index contributed by atoms with van der Waals surface area (Å²) in [6.07, 6.45) is 0. The number of nitrogens with one attached hydrogen (secondary N) is 1. The first-order chi connectivity index (χ1) is 12.7. The fourth-order valence-electron chi connectivity index (χ4n) is 2.98. The van der Waals surface area contributed by atoms with Gasteiger partial charge in [-0.3, -0.25) is 0 Å². The van der Waals surface area contributed by atoms with Gasteiger partial charge in [0.25, 0.3) is 0 Å². The molecule has 2 aromatic heterocycles. The van der Waals surface area contributed by atoms with Crippen LogP contribution in [0.5, 0.6) is 0 Å². The lowest BCUT2D eigenvalue weighted by molar-refractivity contribution is 0.800. The van der Waals surface area contributed by atoms with Crippen molar-refractivity contribution in [2.24, 2.45) is 0 Å². The Kier molecular flexibility index (Phi) is 4.63. The summed E-state index contributed by atoms with van der Waals surface area (Å²) in [6.45, 7) is 4.98. The van der Waals surface area contributed by atoms with Crippen molar-refractivity contribution in [2.45, 2.75) is 19.8 Å². The van der Waals surface area contributed by atoms with E-state index in [9.17, 15) is 0 Å². The minimum absolute atomic E-state index is 0.406. The second-order valence-electron chi connectivity index (χ2n) is 6.41. The third kappa shape index (κ3) is 3.58. The van der Waals surface area contributed by atoms with Crippen molar-refractivity contribution in [2.75, 3.05) is 11.9 Å². The third-order valence-electron chi connectivity index (χ3n) is 4.42. The van der Waals surface area contributed by atoms with Crippen molar-refractivity contribution < 1.29 is 0 Å². The zero-order valence-corrected chi connectivity index (χ0v) is 15.6. The number of anilines is 1. The highest BCUT2D eigenvalue weighted by Crippen LogP contribution is 2.26. The first kappa shape index (κ1) is 16.7. The predicted molar refractivity (Wildman–Crippen MR) is 109 cm³/mol. The molecular weight excluding hydrogens is 340 g/mol. The molecule has 0 fully saturated rings. The molecule has 130 valence electrons. The summed E-state index contributed by atoms with van der Waals surface area (Å²) in [5.74, 6) is 2.03. The van der Waals surface area contributed by atoms with Crippen molar-refractivity contribution in [3.05, 3.63) is 71.5 Å². The minimum Gasteiger partial charge on any atom is -0.369 e. The summed E-state index contributed by atoms with van der Waals surface area (Å²) in [4.78, 5) is 13.5. The molecule has 26 heavy (non-hydrogen) atoms. The van der Waals surface area contributed by atoms with Crippen molar-refractivity contribution in [1.29, 1.82) is 0 Å². The van der Waals surface area contributed by atoms with Crippen molar-refractivity contribution in [3.8, 4) is 11.3 Å². The summed E-state index contributed by atoms with van der Waals surface area (Å²) >= 11 is 1.65. The van der Waals surface area contributed by atoms with Crippen LogP contribution in [0, 0.1) is 6.92 Å². The maximum atomic E-state index is 4.61. The van der Waals surface area contributed by atoms with Gasteiger partial charge in [0, 0.05) is 18.2 Å². The molecule has 0 aliphatic carbocycles. The van der Waals surface area contributed by atoms with Crippen LogP contribution >= 0.6 is 11.3 Å². The molecule has 0 aliphatic rings. The van der Waals surface area contributed by atoms with E-state index in [4.69, 9.17) is 0 Å². The SMILES string of the molecule is Cc1nc(NCC(C)c2ccccc2)cc(-c2ccc3ncsc3c2)n1. The Bertz CT molecular complexity index is 1030. The van der Waals surface area contributed by atoms with Gasteiger partial charge < -0.3 is 5.32 Å². The molecule has 4 rings (SSSR count). The van der Waals surface area contributed by atoms with Gasteiger partial charge in [-0.1, -0.05) is 43.3 Å². The van der Waals surface area contributed by atoms with Crippen LogP contribution in [0.2, 0.25) is 0 Å². The Balaban J connectivity index is 1.56. The average Bonchev–Trinajstić information content (AvgIpc) is 3.14. The number of hydrogen-bond acceptors (Lipinski definition) is 5. The molecule has 0 spiro atoms. The zero-order valence-electron chi connectivity index (χ0n) is 14.8. The highest BCUT2D eigenvalue weighted by Gasteiger charge is 2.09. The van der Waals surface area contributed by atoms with Gasteiger partial charge in [0.15, 0.2) is 0 Å². The molecule has 1 N–H and O–H groups in total. The van der Waals surface area contributed by atoms with E-state index < -0.39 is 0 Å². The summed E-state index contributed by atoms with van der Waals surface area (Å²) in [5, 5.41) is 3.47. The summed E-state index contributed by atoms with van der Waals surface area (Å²) in [7, 11) is 0. The largest absolute Gasteiger partial charge is 0.369 e. The van der Waals surface area contributed by atoms with Gasteiger partial charge in [0.1, 0.15) is 11.6 Å². The summed E-state index contributed by atoms with van der Waals surface area (Å²) in [5.41, 5.74) is 6.24. The van der Waals surface area contributed by atoms with Crippen molar-refractivity contribution in [1.82, 2.24) is 15.0 Å². The van der Waals surface area contributed by atoms with E-state index in [0.29, 0.717) is 5.92 Å². The highest BCUT2D eigenvalue weighted by molar-refractivity contribution is 7.16. The molecule has 4 nitrogen and oxygen atoms in total. The van der Waals surface area contributed by atoms with Crippen LogP contribution in [-0.4, -0.2) is 21.5 Å². The molecule has 0 saturated carbocycles. The molecular formula is C21H20N4S. The molecule has 0 radical (unpaired) electrons.